The maximum absolute atomic E-state index is 12.4. The molecule has 1 saturated heterocycles. The van der Waals surface area contributed by atoms with Crippen LogP contribution in [0, 0.1) is 0 Å². The van der Waals surface area contributed by atoms with E-state index in [2.05, 4.69) is 32.3 Å². The Morgan fingerprint density at radius 2 is 1.72 bits per heavy atom. The van der Waals surface area contributed by atoms with Crippen LogP contribution < -0.4 is 5.32 Å². The third kappa shape index (κ3) is 3.67. The molecule has 1 amide bonds. The average Bonchev–Trinajstić information content (AvgIpc) is 3.16. The Bertz CT molecular complexity index is 886. The van der Waals surface area contributed by atoms with E-state index in [-0.39, 0.29) is 5.91 Å². The number of benzene rings is 2. The van der Waals surface area contributed by atoms with Gasteiger partial charge in [0.15, 0.2) is 0 Å². The fourth-order valence-corrected chi connectivity index (χ4v) is 3.15. The minimum Gasteiger partial charge on any atom is -0.321 e. The first-order valence-corrected chi connectivity index (χ1v) is 8.62. The van der Waals surface area contributed by atoms with Crippen LogP contribution in [0.3, 0.4) is 0 Å². The molecule has 0 unspecified atom stereocenters. The molecule has 1 aromatic heterocycles. The number of nitrogens with one attached hydrogen (secondary N) is 1. The molecule has 5 nitrogen and oxygen atoms in total. The molecule has 0 spiro atoms. The highest BCUT2D eigenvalue weighted by Crippen LogP contribution is 2.16. The zero-order chi connectivity index (χ0) is 17.1. The van der Waals surface area contributed by atoms with Crippen molar-refractivity contribution in [3.05, 3.63) is 66.0 Å². The smallest absolute Gasteiger partial charge is 0.275 e. The Labute approximate surface area is 146 Å². The fraction of sp³-hybridized carbons (Fsp3) is 0.250. The van der Waals surface area contributed by atoms with Crippen LogP contribution in [-0.4, -0.2) is 33.9 Å². The van der Waals surface area contributed by atoms with Crippen molar-refractivity contribution < 1.29 is 4.79 Å². The van der Waals surface area contributed by atoms with Crippen LogP contribution in [0.4, 0.5) is 5.69 Å². The monoisotopic (exact) mass is 332 g/mol. The fourth-order valence-electron chi connectivity index (χ4n) is 3.15. The summed E-state index contributed by atoms with van der Waals surface area (Å²) in [4.78, 5) is 23.5. The number of anilines is 1. The zero-order valence-corrected chi connectivity index (χ0v) is 14.0. The summed E-state index contributed by atoms with van der Waals surface area (Å²) in [5.41, 5.74) is 3.86. The van der Waals surface area contributed by atoms with Crippen LogP contribution in [0.15, 0.2) is 54.7 Å². The third-order valence-electron chi connectivity index (χ3n) is 4.50. The Morgan fingerprint density at radius 1 is 1.00 bits per heavy atom. The first kappa shape index (κ1) is 15.7. The summed E-state index contributed by atoms with van der Waals surface area (Å²) in [6.07, 6.45) is 4.10. The number of fused-ring (bicyclic) bond motifs is 1. The molecule has 2 aromatic carbocycles. The van der Waals surface area contributed by atoms with Crippen LogP contribution in [0.25, 0.3) is 11.0 Å². The molecule has 25 heavy (non-hydrogen) atoms. The molecule has 126 valence electrons. The van der Waals surface area contributed by atoms with Gasteiger partial charge in [0.25, 0.3) is 5.91 Å². The number of para-hydroxylation sites is 2. The Kier molecular flexibility index (Phi) is 4.39. The first-order chi connectivity index (χ1) is 12.3. The van der Waals surface area contributed by atoms with Gasteiger partial charge in [-0.15, -0.1) is 0 Å². The highest BCUT2D eigenvalue weighted by atomic mass is 16.1. The number of carbonyl (C=O) groups excluding carboxylic acids is 1. The molecule has 1 N–H and O–H groups in total. The molecule has 3 aromatic rings. The number of amides is 1. The summed E-state index contributed by atoms with van der Waals surface area (Å²) in [5.74, 6) is -0.245. The number of hydrogen-bond donors (Lipinski definition) is 1. The van der Waals surface area contributed by atoms with Gasteiger partial charge in [-0.25, -0.2) is 4.98 Å². The number of carbonyl (C=O) groups is 1. The van der Waals surface area contributed by atoms with Gasteiger partial charge in [-0.2, -0.15) is 0 Å². The highest BCUT2D eigenvalue weighted by Gasteiger charge is 2.12. The normalized spacial score (nSPS) is 14.7. The predicted molar refractivity (Wildman–Crippen MR) is 98.4 cm³/mol. The summed E-state index contributed by atoms with van der Waals surface area (Å²) in [6, 6.07) is 15.5. The van der Waals surface area contributed by atoms with Crippen LogP contribution in [-0.2, 0) is 6.54 Å². The molecule has 1 aliphatic rings. The molecule has 1 aliphatic heterocycles. The molecule has 0 atom stereocenters. The molecule has 2 heterocycles. The van der Waals surface area contributed by atoms with Gasteiger partial charge in [-0.05, 0) is 55.8 Å². The Morgan fingerprint density at radius 3 is 2.48 bits per heavy atom. The SMILES string of the molecule is O=C(Nc1ccc(CN2CCCC2)cc1)c1cnc2ccccc2n1. The Balaban J connectivity index is 1.44. The lowest BCUT2D eigenvalue weighted by molar-refractivity contribution is 0.102. The van der Waals surface area contributed by atoms with Crippen LogP contribution in [0.5, 0.6) is 0 Å². The van der Waals surface area contributed by atoms with Gasteiger partial charge < -0.3 is 5.32 Å². The summed E-state index contributed by atoms with van der Waals surface area (Å²) in [6.45, 7) is 3.34. The van der Waals surface area contributed by atoms with Gasteiger partial charge >= 0.3 is 0 Å². The molecular formula is C20H20N4O. The molecule has 4 rings (SSSR count). The number of aromatic nitrogens is 2. The average molecular weight is 332 g/mol. The van der Waals surface area contributed by atoms with Crippen molar-refractivity contribution >= 4 is 22.6 Å². The quantitative estimate of drug-likeness (QED) is 0.795. The van der Waals surface area contributed by atoms with Crippen LogP contribution in [0.2, 0.25) is 0 Å². The molecule has 0 saturated carbocycles. The van der Waals surface area contributed by atoms with E-state index in [9.17, 15) is 4.79 Å². The van der Waals surface area contributed by atoms with Crippen molar-refractivity contribution in [3.8, 4) is 0 Å². The summed E-state index contributed by atoms with van der Waals surface area (Å²) >= 11 is 0. The van der Waals surface area contributed by atoms with E-state index in [1.807, 2.05) is 36.4 Å². The lowest BCUT2D eigenvalue weighted by atomic mass is 10.2. The lowest BCUT2D eigenvalue weighted by Crippen LogP contribution is -2.18. The minimum atomic E-state index is -0.245. The molecule has 1 fully saturated rings. The minimum absolute atomic E-state index is 0.245. The predicted octanol–water partition coefficient (Wildman–Crippen LogP) is 3.48. The first-order valence-electron chi connectivity index (χ1n) is 8.62. The van der Waals surface area contributed by atoms with Crippen LogP contribution in [0.1, 0.15) is 28.9 Å². The Hall–Kier alpha value is -2.79. The van der Waals surface area contributed by atoms with E-state index < -0.39 is 0 Å². The summed E-state index contributed by atoms with van der Waals surface area (Å²) < 4.78 is 0. The van der Waals surface area contributed by atoms with Gasteiger partial charge in [0, 0.05) is 12.2 Å². The van der Waals surface area contributed by atoms with Gasteiger partial charge in [0.05, 0.1) is 17.2 Å². The van der Waals surface area contributed by atoms with Crippen molar-refractivity contribution in [2.24, 2.45) is 0 Å². The molecule has 0 aliphatic carbocycles. The largest absolute Gasteiger partial charge is 0.321 e. The molecule has 0 bridgehead atoms. The summed E-state index contributed by atoms with van der Waals surface area (Å²) in [5, 5.41) is 2.89. The second-order valence-corrected chi connectivity index (χ2v) is 6.38. The highest BCUT2D eigenvalue weighted by molar-refractivity contribution is 6.03. The van der Waals surface area contributed by atoms with Crippen molar-refractivity contribution in [2.45, 2.75) is 19.4 Å². The maximum Gasteiger partial charge on any atom is 0.275 e. The van der Waals surface area contributed by atoms with Crippen LogP contribution >= 0.6 is 0 Å². The zero-order valence-electron chi connectivity index (χ0n) is 14.0. The number of hydrogen-bond acceptors (Lipinski definition) is 4. The third-order valence-corrected chi connectivity index (χ3v) is 4.50. The van der Waals surface area contributed by atoms with Crippen molar-refractivity contribution in [1.82, 2.24) is 14.9 Å². The maximum atomic E-state index is 12.4. The van der Waals surface area contributed by atoms with Gasteiger partial charge in [0.2, 0.25) is 0 Å². The van der Waals surface area contributed by atoms with E-state index in [0.717, 1.165) is 23.3 Å². The lowest BCUT2D eigenvalue weighted by Gasteiger charge is -2.14. The molecule has 0 radical (unpaired) electrons. The van der Waals surface area contributed by atoms with E-state index in [0.29, 0.717) is 5.69 Å². The topological polar surface area (TPSA) is 58.1 Å². The van der Waals surface area contributed by atoms with Crippen molar-refractivity contribution in [1.29, 1.82) is 0 Å². The number of nitrogens with zero attached hydrogens (tertiary/aromatic N) is 3. The molecular weight excluding hydrogens is 312 g/mol. The second-order valence-electron chi connectivity index (χ2n) is 6.38. The van der Waals surface area contributed by atoms with E-state index in [1.165, 1.54) is 37.7 Å². The van der Waals surface area contributed by atoms with E-state index >= 15 is 0 Å². The van der Waals surface area contributed by atoms with E-state index in [4.69, 9.17) is 0 Å². The van der Waals surface area contributed by atoms with Gasteiger partial charge in [0.1, 0.15) is 5.69 Å². The van der Waals surface area contributed by atoms with Crippen molar-refractivity contribution in [3.63, 3.8) is 0 Å². The van der Waals surface area contributed by atoms with Gasteiger partial charge in [-0.1, -0.05) is 24.3 Å². The van der Waals surface area contributed by atoms with E-state index in [1.54, 1.807) is 0 Å². The number of likely N-dealkylation sites (tertiary alicyclic amines) is 1. The van der Waals surface area contributed by atoms with Crippen molar-refractivity contribution in [2.75, 3.05) is 18.4 Å². The second kappa shape index (κ2) is 6.99. The number of rotatable bonds is 4. The molecule has 5 heteroatoms. The van der Waals surface area contributed by atoms with Gasteiger partial charge in [-0.3, -0.25) is 14.7 Å². The summed E-state index contributed by atoms with van der Waals surface area (Å²) in [7, 11) is 0. The standard InChI is InChI=1S/C20H20N4O/c25-20(19-13-21-17-5-1-2-6-18(17)23-19)22-16-9-7-15(8-10-16)14-24-11-3-4-12-24/h1-2,5-10,13H,3-4,11-12,14H2,(H,22,25).